The highest BCUT2D eigenvalue weighted by atomic mass is 32.2. The van der Waals surface area contributed by atoms with Gasteiger partial charge in [0.1, 0.15) is 6.04 Å². The number of hydrogen-bond acceptors (Lipinski definition) is 4. The summed E-state index contributed by atoms with van der Waals surface area (Å²) in [7, 11) is 1.39. The molecule has 0 aliphatic heterocycles. The van der Waals surface area contributed by atoms with E-state index in [0.29, 0.717) is 12.3 Å². The Morgan fingerprint density at radius 1 is 1.26 bits per heavy atom. The highest BCUT2D eigenvalue weighted by Crippen LogP contribution is 2.57. The van der Waals surface area contributed by atoms with E-state index in [1.165, 1.54) is 23.8 Å². The van der Waals surface area contributed by atoms with Gasteiger partial charge in [-0.2, -0.15) is 11.8 Å². The van der Waals surface area contributed by atoms with Crippen molar-refractivity contribution in [2.24, 2.45) is 11.3 Å². The third-order valence-corrected chi connectivity index (χ3v) is 8.61. The number of carbonyl (C=O) groups excluding carboxylic acids is 2. The Labute approximate surface area is 192 Å². The van der Waals surface area contributed by atoms with Crippen molar-refractivity contribution >= 4 is 23.6 Å². The first kappa shape index (κ1) is 24.2. The molecule has 2 aliphatic rings. The number of amides is 1. The molecule has 0 heterocycles. The van der Waals surface area contributed by atoms with Crippen molar-refractivity contribution < 1.29 is 14.3 Å². The van der Waals surface area contributed by atoms with E-state index in [9.17, 15) is 9.59 Å². The largest absolute Gasteiger partial charge is 0.467 e. The van der Waals surface area contributed by atoms with Crippen LogP contribution in [0, 0.1) is 11.3 Å². The third kappa shape index (κ3) is 4.53. The van der Waals surface area contributed by atoms with Gasteiger partial charge in [0.05, 0.1) is 12.5 Å². The molecule has 4 nitrogen and oxygen atoms in total. The molecule has 1 amide bonds. The van der Waals surface area contributed by atoms with Crippen LogP contribution in [0.1, 0.15) is 82.4 Å². The maximum Gasteiger partial charge on any atom is 0.328 e. The van der Waals surface area contributed by atoms with Crippen molar-refractivity contribution in [1.29, 1.82) is 0 Å². The summed E-state index contributed by atoms with van der Waals surface area (Å²) in [5.74, 6) is 1.27. The van der Waals surface area contributed by atoms with Crippen LogP contribution in [0.4, 0.5) is 0 Å². The molecule has 0 radical (unpaired) electrons. The van der Waals surface area contributed by atoms with E-state index in [0.717, 1.165) is 37.9 Å². The summed E-state index contributed by atoms with van der Waals surface area (Å²) in [6.45, 7) is 8.97. The number of nitrogens with one attached hydrogen (secondary N) is 1. The van der Waals surface area contributed by atoms with E-state index in [2.05, 4.69) is 51.2 Å². The fourth-order valence-corrected chi connectivity index (χ4v) is 6.56. The molecule has 0 aromatic heterocycles. The molecule has 1 saturated carbocycles. The van der Waals surface area contributed by atoms with Crippen molar-refractivity contribution in [2.75, 3.05) is 19.1 Å². The number of methoxy groups -OCH3 is 1. The van der Waals surface area contributed by atoms with Gasteiger partial charge in [0.25, 0.3) is 0 Å². The van der Waals surface area contributed by atoms with Gasteiger partial charge >= 0.3 is 5.97 Å². The third-order valence-electron chi connectivity index (χ3n) is 7.96. The molecule has 1 fully saturated rings. The number of thioether (sulfide) groups is 1. The molecule has 0 bridgehead atoms. The molecule has 4 atom stereocenters. The predicted octanol–water partition coefficient (Wildman–Crippen LogP) is 5.23. The van der Waals surface area contributed by atoms with Crippen molar-refractivity contribution in [3.8, 4) is 0 Å². The summed E-state index contributed by atoms with van der Waals surface area (Å²) in [4.78, 5) is 25.9. The Morgan fingerprint density at radius 3 is 2.65 bits per heavy atom. The zero-order valence-electron chi connectivity index (χ0n) is 20.0. The van der Waals surface area contributed by atoms with Gasteiger partial charge in [-0.25, -0.2) is 4.79 Å². The SMILES string of the molecule is COC(=O)[C@@H](CCSC)NC(=O)[C@]1(C)CCC[C@]2(C)c3ccc(C(C)C)cc3CC[C@@H]12. The Balaban J connectivity index is 1.89. The fourth-order valence-electron chi connectivity index (χ4n) is 6.09. The molecule has 0 spiro atoms. The average molecular weight is 446 g/mol. The number of rotatable bonds is 7. The van der Waals surface area contributed by atoms with Crippen LogP contribution < -0.4 is 5.32 Å². The Bertz CT molecular complexity index is 823. The van der Waals surface area contributed by atoms with Crippen LogP contribution in [0.5, 0.6) is 0 Å². The molecule has 1 aromatic rings. The van der Waals surface area contributed by atoms with E-state index < -0.39 is 11.5 Å². The van der Waals surface area contributed by atoms with Crippen molar-refractivity contribution in [3.63, 3.8) is 0 Å². The van der Waals surface area contributed by atoms with Gasteiger partial charge in [-0.05, 0) is 78.1 Å². The van der Waals surface area contributed by atoms with Gasteiger partial charge in [-0.3, -0.25) is 4.79 Å². The summed E-state index contributed by atoms with van der Waals surface area (Å²) < 4.78 is 4.97. The maximum absolute atomic E-state index is 13.6. The molecule has 5 heteroatoms. The summed E-state index contributed by atoms with van der Waals surface area (Å²) in [5, 5.41) is 3.08. The highest BCUT2D eigenvalue weighted by molar-refractivity contribution is 7.98. The summed E-state index contributed by atoms with van der Waals surface area (Å²) in [5.41, 5.74) is 3.80. The second kappa shape index (κ2) is 9.56. The molecule has 0 saturated heterocycles. The molecular weight excluding hydrogens is 406 g/mol. The molecule has 31 heavy (non-hydrogen) atoms. The Hall–Kier alpha value is -1.49. The quantitative estimate of drug-likeness (QED) is 0.584. The van der Waals surface area contributed by atoms with Gasteiger partial charge in [-0.1, -0.05) is 52.3 Å². The summed E-state index contributed by atoms with van der Waals surface area (Å²) >= 11 is 1.67. The van der Waals surface area contributed by atoms with E-state index in [1.807, 2.05) is 6.26 Å². The molecule has 3 rings (SSSR count). The first-order valence-corrected chi connectivity index (χ1v) is 13.1. The van der Waals surface area contributed by atoms with Crippen molar-refractivity contribution in [2.45, 2.75) is 83.6 Å². The maximum atomic E-state index is 13.6. The van der Waals surface area contributed by atoms with Crippen LogP contribution in [0.2, 0.25) is 0 Å². The minimum Gasteiger partial charge on any atom is -0.467 e. The van der Waals surface area contributed by atoms with Gasteiger partial charge in [-0.15, -0.1) is 0 Å². The lowest BCUT2D eigenvalue weighted by Gasteiger charge is -2.54. The summed E-state index contributed by atoms with van der Waals surface area (Å²) in [6.07, 6.45) is 7.65. The molecule has 0 unspecified atom stereocenters. The van der Waals surface area contributed by atoms with Crippen LogP contribution in [-0.4, -0.2) is 37.0 Å². The lowest BCUT2D eigenvalue weighted by molar-refractivity contribution is -0.149. The lowest BCUT2D eigenvalue weighted by atomic mass is 9.49. The van der Waals surface area contributed by atoms with Crippen molar-refractivity contribution in [1.82, 2.24) is 5.32 Å². The van der Waals surface area contributed by atoms with E-state index >= 15 is 0 Å². The second-order valence-corrected chi connectivity index (χ2v) is 11.2. The number of esters is 1. The molecule has 2 aliphatic carbocycles. The van der Waals surface area contributed by atoms with Crippen LogP contribution in [0.25, 0.3) is 0 Å². The van der Waals surface area contributed by atoms with Gasteiger partial charge in [0.15, 0.2) is 0 Å². The van der Waals surface area contributed by atoms with Crippen LogP contribution in [0.3, 0.4) is 0 Å². The van der Waals surface area contributed by atoms with Gasteiger partial charge in [0.2, 0.25) is 5.91 Å². The fraction of sp³-hybridized carbons (Fsp3) is 0.692. The van der Waals surface area contributed by atoms with Crippen LogP contribution >= 0.6 is 11.8 Å². The van der Waals surface area contributed by atoms with Crippen LogP contribution in [-0.2, 0) is 26.2 Å². The molecule has 1 aromatic carbocycles. The first-order valence-electron chi connectivity index (χ1n) is 11.7. The smallest absolute Gasteiger partial charge is 0.328 e. The van der Waals surface area contributed by atoms with E-state index in [1.54, 1.807) is 11.8 Å². The average Bonchev–Trinajstić information content (AvgIpc) is 2.75. The standard InChI is InChI=1S/C26H39NO3S/c1-17(2)18-8-10-20-19(16-18)9-11-22-25(20,3)13-7-14-26(22,4)24(29)27-21(12-15-31-6)23(28)30-5/h8,10,16-17,21-22H,7,9,11-15H2,1-6H3,(H,27,29)/t21-,22-,25-,26-/m1/s1. The Kier molecular flexibility index (Phi) is 7.45. The van der Waals surface area contributed by atoms with Gasteiger partial charge in [0, 0.05) is 0 Å². The normalized spacial score (nSPS) is 28.4. The topological polar surface area (TPSA) is 55.4 Å². The number of aryl methyl sites for hydroxylation is 1. The highest BCUT2D eigenvalue weighted by Gasteiger charge is 2.55. The first-order chi connectivity index (χ1) is 14.7. The molecular formula is C26H39NO3S. The molecule has 172 valence electrons. The second-order valence-electron chi connectivity index (χ2n) is 10.2. The Morgan fingerprint density at radius 2 is 2.00 bits per heavy atom. The van der Waals surface area contributed by atoms with Crippen molar-refractivity contribution in [3.05, 3.63) is 34.9 Å². The number of ether oxygens (including phenoxy) is 1. The zero-order valence-corrected chi connectivity index (χ0v) is 20.9. The zero-order chi connectivity index (χ0) is 22.8. The number of carbonyl (C=O) groups is 2. The monoisotopic (exact) mass is 445 g/mol. The number of benzene rings is 1. The van der Waals surface area contributed by atoms with E-state index in [-0.39, 0.29) is 23.2 Å². The number of fused-ring (bicyclic) bond motifs is 3. The summed E-state index contributed by atoms with van der Waals surface area (Å²) in [6, 6.07) is 6.43. The minimum absolute atomic E-state index is 0.00648. The van der Waals surface area contributed by atoms with E-state index in [4.69, 9.17) is 4.74 Å². The lowest BCUT2D eigenvalue weighted by Crippen LogP contribution is -2.57. The minimum atomic E-state index is -0.570. The van der Waals surface area contributed by atoms with Gasteiger partial charge < -0.3 is 10.1 Å². The number of hydrogen-bond donors (Lipinski definition) is 1. The predicted molar refractivity (Wildman–Crippen MR) is 129 cm³/mol. The van der Waals surface area contributed by atoms with Crippen LogP contribution in [0.15, 0.2) is 18.2 Å². The molecule has 1 N–H and O–H groups in total.